The third-order valence-electron chi connectivity index (χ3n) is 4.53. The van der Waals surface area contributed by atoms with Gasteiger partial charge in [0.25, 0.3) is 11.1 Å². The van der Waals surface area contributed by atoms with Crippen LogP contribution in [0.5, 0.6) is 17.2 Å². The molecule has 2 aliphatic rings. The molecule has 0 aromatic heterocycles. The summed E-state index contributed by atoms with van der Waals surface area (Å²) in [5, 5.41) is 12.2. The maximum absolute atomic E-state index is 12.6. The maximum Gasteiger partial charge on any atom is 0.294 e. The highest BCUT2D eigenvalue weighted by atomic mass is 32.2. The van der Waals surface area contributed by atoms with Gasteiger partial charge in [-0.3, -0.25) is 19.3 Å². The molecule has 9 nitrogen and oxygen atoms in total. The van der Waals surface area contributed by atoms with E-state index < -0.39 is 17.1 Å². The molecule has 1 atom stereocenters. The van der Waals surface area contributed by atoms with Crippen LogP contribution < -0.4 is 14.8 Å². The molecule has 0 bridgehead atoms. The SMILES string of the molecule is COc1cc(/C=C2\SC(=O)N(CC(=O)NC[C@@H]3CCCO3)C2=O)cc(OC)c1O. The number of hydrogen-bond donors (Lipinski definition) is 2. The van der Waals surface area contributed by atoms with Gasteiger partial charge in [0.1, 0.15) is 6.54 Å². The van der Waals surface area contributed by atoms with E-state index in [4.69, 9.17) is 14.2 Å². The number of amides is 3. The Hall–Kier alpha value is -2.72. The average molecular weight is 422 g/mol. The minimum atomic E-state index is -0.557. The smallest absolute Gasteiger partial charge is 0.294 e. The van der Waals surface area contributed by atoms with Gasteiger partial charge in [-0.05, 0) is 48.4 Å². The predicted octanol–water partition coefficient (Wildman–Crippen LogP) is 1.74. The van der Waals surface area contributed by atoms with Crippen LogP contribution in [0.1, 0.15) is 18.4 Å². The van der Waals surface area contributed by atoms with E-state index in [0.717, 1.165) is 29.5 Å². The summed E-state index contributed by atoms with van der Waals surface area (Å²) in [7, 11) is 2.78. The molecule has 2 N–H and O–H groups in total. The van der Waals surface area contributed by atoms with Gasteiger partial charge in [0.05, 0.1) is 25.2 Å². The summed E-state index contributed by atoms with van der Waals surface area (Å²) in [6.07, 6.45) is 3.30. The summed E-state index contributed by atoms with van der Waals surface area (Å²) < 4.78 is 15.6. The number of imide groups is 1. The Morgan fingerprint density at radius 1 is 1.34 bits per heavy atom. The van der Waals surface area contributed by atoms with E-state index in [0.29, 0.717) is 18.7 Å². The van der Waals surface area contributed by atoms with Crippen LogP contribution in [-0.4, -0.2) is 67.1 Å². The number of ether oxygens (including phenoxy) is 3. The molecule has 156 valence electrons. The maximum atomic E-state index is 12.6. The van der Waals surface area contributed by atoms with Gasteiger partial charge in [-0.1, -0.05) is 0 Å². The number of phenols is 1. The number of rotatable bonds is 7. The largest absolute Gasteiger partial charge is 0.502 e. The molecule has 0 spiro atoms. The zero-order valence-corrected chi connectivity index (χ0v) is 16.9. The minimum Gasteiger partial charge on any atom is -0.502 e. The fourth-order valence-electron chi connectivity index (χ4n) is 3.02. The Balaban J connectivity index is 1.68. The molecule has 2 aliphatic heterocycles. The highest BCUT2D eigenvalue weighted by Gasteiger charge is 2.36. The standard InChI is InChI=1S/C19H22N2O7S/c1-26-13-6-11(7-14(27-2)17(13)23)8-15-18(24)21(19(25)29-15)10-16(22)20-9-12-4-3-5-28-12/h6-8,12,23H,3-5,9-10H2,1-2H3,(H,20,22)/b15-8-/t12-/m0/s1. The van der Waals surface area contributed by atoms with Gasteiger partial charge < -0.3 is 24.6 Å². The number of aromatic hydroxyl groups is 1. The predicted molar refractivity (Wildman–Crippen MR) is 106 cm³/mol. The number of nitrogens with one attached hydrogen (secondary N) is 1. The molecule has 0 unspecified atom stereocenters. The van der Waals surface area contributed by atoms with Gasteiger partial charge in [-0.25, -0.2) is 0 Å². The summed E-state index contributed by atoms with van der Waals surface area (Å²) in [5.74, 6) is -0.801. The van der Waals surface area contributed by atoms with Crippen molar-refractivity contribution in [3.8, 4) is 17.2 Å². The Morgan fingerprint density at radius 3 is 2.62 bits per heavy atom. The topological polar surface area (TPSA) is 114 Å². The number of carbonyl (C=O) groups excluding carboxylic acids is 3. The number of phenolic OH excluding ortho intramolecular Hbond substituents is 1. The second-order valence-corrected chi connectivity index (χ2v) is 7.47. The first-order valence-electron chi connectivity index (χ1n) is 9.01. The fourth-order valence-corrected chi connectivity index (χ4v) is 3.86. The third kappa shape index (κ3) is 4.83. The molecule has 0 saturated carbocycles. The van der Waals surface area contributed by atoms with Gasteiger partial charge in [0, 0.05) is 13.2 Å². The monoisotopic (exact) mass is 422 g/mol. The van der Waals surface area contributed by atoms with Crippen molar-refractivity contribution in [2.45, 2.75) is 18.9 Å². The normalized spacial score (nSPS) is 20.4. The fraction of sp³-hybridized carbons (Fsp3) is 0.421. The molecule has 2 saturated heterocycles. The van der Waals surface area contributed by atoms with Crippen LogP contribution in [0, 0.1) is 0 Å². The van der Waals surface area contributed by atoms with Crippen molar-refractivity contribution in [1.82, 2.24) is 10.2 Å². The number of methoxy groups -OCH3 is 2. The van der Waals surface area contributed by atoms with Crippen LogP contribution in [0.2, 0.25) is 0 Å². The van der Waals surface area contributed by atoms with Gasteiger partial charge in [-0.15, -0.1) is 0 Å². The van der Waals surface area contributed by atoms with Crippen LogP contribution in [-0.2, 0) is 14.3 Å². The highest BCUT2D eigenvalue weighted by Crippen LogP contribution is 2.39. The molecule has 29 heavy (non-hydrogen) atoms. The first-order valence-corrected chi connectivity index (χ1v) is 9.83. The lowest BCUT2D eigenvalue weighted by Crippen LogP contribution is -2.41. The number of hydrogen-bond acceptors (Lipinski definition) is 8. The first kappa shape index (κ1) is 21.0. The molecule has 0 radical (unpaired) electrons. The molecular formula is C19H22N2O7S. The van der Waals surface area contributed by atoms with Crippen molar-refractivity contribution in [3.63, 3.8) is 0 Å². The van der Waals surface area contributed by atoms with Crippen molar-refractivity contribution in [1.29, 1.82) is 0 Å². The molecule has 10 heteroatoms. The zero-order valence-electron chi connectivity index (χ0n) is 16.1. The molecule has 0 aliphatic carbocycles. The quantitative estimate of drug-likeness (QED) is 0.639. The van der Waals surface area contributed by atoms with Crippen molar-refractivity contribution in [2.75, 3.05) is 33.9 Å². The van der Waals surface area contributed by atoms with E-state index in [1.54, 1.807) is 0 Å². The first-order chi connectivity index (χ1) is 13.9. The van der Waals surface area contributed by atoms with Gasteiger partial charge in [0.15, 0.2) is 11.5 Å². The van der Waals surface area contributed by atoms with Crippen LogP contribution in [0.3, 0.4) is 0 Å². The number of nitrogens with zero attached hydrogens (tertiary/aromatic N) is 1. The third-order valence-corrected chi connectivity index (χ3v) is 5.43. The van der Waals surface area contributed by atoms with E-state index in [1.165, 1.54) is 32.4 Å². The Morgan fingerprint density at radius 2 is 2.03 bits per heavy atom. The summed E-state index contributed by atoms with van der Waals surface area (Å²) in [6, 6.07) is 3.03. The van der Waals surface area contributed by atoms with Crippen LogP contribution in [0.25, 0.3) is 6.08 Å². The Bertz CT molecular complexity index is 824. The van der Waals surface area contributed by atoms with Gasteiger partial charge >= 0.3 is 0 Å². The van der Waals surface area contributed by atoms with Crippen molar-refractivity contribution in [2.24, 2.45) is 0 Å². The van der Waals surface area contributed by atoms with Crippen molar-refractivity contribution >= 4 is 34.9 Å². The van der Waals surface area contributed by atoms with Gasteiger partial charge in [0.2, 0.25) is 11.7 Å². The van der Waals surface area contributed by atoms with Crippen LogP contribution in [0.15, 0.2) is 17.0 Å². The highest BCUT2D eigenvalue weighted by molar-refractivity contribution is 8.18. The minimum absolute atomic E-state index is 0.0202. The van der Waals surface area contributed by atoms with E-state index in [9.17, 15) is 19.5 Å². The summed E-state index contributed by atoms with van der Waals surface area (Å²) >= 11 is 0.743. The lowest BCUT2D eigenvalue weighted by Gasteiger charge is -2.14. The molecule has 1 aromatic carbocycles. The molecule has 1 aromatic rings. The summed E-state index contributed by atoms with van der Waals surface area (Å²) in [4.78, 5) is 38.0. The average Bonchev–Trinajstić information content (AvgIpc) is 3.31. The lowest BCUT2D eigenvalue weighted by molar-refractivity contribution is -0.129. The molecule has 2 fully saturated rings. The molecule has 2 heterocycles. The summed E-state index contributed by atoms with van der Waals surface area (Å²) in [6.45, 7) is 0.691. The van der Waals surface area contributed by atoms with E-state index in [2.05, 4.69) is 5.32 Å². The van der Waals surface area contributed by atoms with Gasteiger partial charge in [-0.2, -0.15) is 0 Å². The van der Waals surface area contributed by atoms with Crippen LogP contribution in [0.4, 0.5) is 4.79 Å². The van der Waals surface area contributed by atoms with Crippen LogP contribution >= 0.6 is 11.8 Å². The summed E-state index contributed by atoms with van der Waals surface area (Å²) in [5.41, 5.74) is 0.504. The number of carbonyl (C=O) groups is 3. The Labute approximate surface area is 172 Å². The zero-order chi connectivity index (χ0) is 21.0. The van der Waals surface area contributed by atoms with E-state index >= 15 is 0 Å². The van der Waals surface area contributed by atoms with E-state index in [1.807, 2.05) is 0 Å². The molecular weight excluding hydrogens is 400 g/mol. The number of benzene rings is 1. The molecule has 3 amide bonds. The number of thioether (sulfide) groups is 1. The van der Waals surface area contributed by atoms with E-state index in [-0.39, 0.29) is 34.8 Å². The Kier molecular flexibility index (Phi) is 6.65. The second kappa shape index (κ2) is 9.19. The van der Waals surface area contributed by atoms with Crippen molar-refractivity contribution < 1.29 is 33.7 Å². The second-order valence-electron chi connectivity index (χ2n) is 6.48. The van der Waals surface area contributed by atoms with Crippen molar-refractivity contribution in [3.05, 3.63) is 22.6 Å². The lowest BCUT2D eigenvalue weighted by atomic mass is 10.1. The molecule has 3 rings (SSSR count).